The maximum Gasteiger partial charge on any atom is 0.315 e. The smallest absolute Gasteiger partial charge is 0.315 e. The van der Waals surface area contributed by atoms with Crippen molar-refractivity contribution in [2.75, 3.05) is 17.7 Å². The van der Waals surface area contributed by atoms with E-state index >= 15 is 0 Å². The van der Waals surface area contributed by atoms with Crippen molar-refractivity contribution in [3.05, 3.63) is 57.4 Å². The van der Waals surface area contributed by atoms with Crippen molar-refractivity contribution in [2.24, 2.45) is 0 Å². The van der Waals surface area contributed by atoms with Gasteiger partial charge in [0, 0.05) is 17.8 Å². The van der Waals surface area contributed by atoms with Crippen LogP contribution in [0.2, 0.25) is 5.02 Å². The Balaban J connectivity index is 2.45. The molecule has 20 heavy (non-hydrogen) atoms. The second-order valence-corrected chi connectivity index (χ2v) is 4.43. The first kappa shape index (κ1) is 14.1. The Labute approximate surface area is 119 Å². The van der Waals surface area contributed by atoms with E-state index in [0.29, 0.717) is 11.4 Å². The maximum absolute atomic E-state index is 13.3. The lowest BCUT2D eigenvalue weighted by molar-refractivity contribution is -0.383. The molecule has 0 amide bonds. The van der Waals surface area contributed by atoms with Gasteiger partial charge in [0.25, 0.3) is 0 Å². The lowest BCUT2D eigenvalue weighted by atomic mass is 10.2. The third-order valence-electron chi connectivity index (χ3n) is 2.63. The predicted molar refractivity (Wildman–Crippen MR) is 77.3 cm³/mol. The Morgan fingerprint density at radius 2 is 1.95 bits per heavy atom. The van der Waals surface area contributed by atoms with E-state index in [-0.39, 0.29) is 16.4 Å². The van der Waals surface area contributed by atoms with E-state index in [2.05, 4.69) is 10.6 Å². The molecule has 0 heterocycles. The van der Waals surface area contributed by atoms with Crippen molar-refractivity contribution in [2.45, 2.75) is 0 Å². The molecule has 104 valence electrons. The van der Waals surface area contributed by atoms with Crippen molar-refractivity contribution in [3.8, 4) is 0 Å². The number of nitro groups is 1. The second-order valence-electron chi connectivity index (χ2n) is 3.99. The SMILES string of the molecule is CNc1cccc(Nc2cc(F)cc(Cl)c2)c1[N+](=O)[O-]. The van der Waals surface area contributed by atoms with Crippen LogP contribution >= 0.6 is 11.6 Å². The summed E-state index contributed by atoms with van der Waals surface area (Å²) in [7, 11) is 1.59. The van der Waals surface area contributed by atoms with Gasteiger partial charge >= 0.3 is 5.69 Å². The van der Waals surface area contributed by atoms with Crippen LogP contribution in [0.1, 0.15) is 0 Å². The van der Waals surface area contributed by atoms with Crippen LogP contribution in [0, 0.1) is 15.9 Å². The van der Waals surface area contributed by atoms with Gasteiger partial charge in [0.2, 0.25) is 0 Å². The van der Waals surface area contributed by atoms with E-state index in [9.17, 15) is 14.5 Å². The van der Waals surface area contributed by atoms with Crippen LogP contribution in [0.5, 0.6) is 0 Å². The Bertz CT molecular complexity index is 644. The van der Waals surface area contributed by atoms with Crippen molar-refractivity contribution in [1.82, 2.24) is 0 Å². The number of para-hydroxylation sites is 1. The molecule has 2 rings (SSSR count). The van der Waals surface area contributed by atoms with Crippen LogP contribution in [0.4, 0.5) is 27.1 Å². The zero-order chi connectivity index (χ0) is 14.7. The maximum atomic E-state index is 13.3. The summed E-state index contributed by atoms with van der Waals surface area (Å²) in [6.07, 6.45) is 0. The molecule has 5 nitrogen and oxygen atoms in total. The van der Waals surface area contributed by atoms with Gasteiger partial charge in [-0.05, 0) is 30.3 Å². The molecule has 0 aliphatic heterocycles. The zero-order valence-electron chi connectivity index (χ0n) is 10.5. The number of nitro benzene ring substituents is 1. The summed E-state index contributed by atoms with van der Waals surface area (Å²) in [6.45, 7) is 0. The van der Waals surface area contributed by atoms with E-state index in [1.165, 1.54) is 18.2 Å². The minimum absolute atomic E-state index is 0.115. The second kappa shape index (κ2) is 5.75. The van der Waals surface area contributed by atoms with E-state index in [1.807, 2.05) is 0 Å². The van der Waals surface area contributed by atoms with E-state index in [4.69, 9.17) is 11.6 Å². The highest BCUT2D eigenvalue weighted by molar-refractivity contribution is 6.30. The van der Waals surface area contributed by atoms with Crippen molar-refractivity contribution in [1.29, 1.82) is 0 Å². The predicted octanol–water partition coefficient (Wildman–Crippen LogP) is 4.17. The van der Waals surface area contributed by atoms with Crippen molar-refractivity contribution in [3.63, 3.8) is 0 Å². The molecular weight excluding hydrogens is 285 g/mol. The number of hydrogen-bond acceptors (Lipinski definition) is 4. The number of halogens is 2. The summed E-state index contributed by atoms with van der Waals surface area (Å²) in [5.74, 6) is -0.521. The van der Waals surface area contributed by atoms with Gasteiger partial charge in [-0.1, -0.05) is 17.7 Å². The fourth-order valence-electron chi connectivity index (χ4n) is 1.82. The van der Waals surface area contributed by atoms with Crippen LogP contribution in [0.15, 0.2) is 36.4 Å². The molecule has 0 bridgehead atoms. The normalized spacial score (nSPS) is 10.2. The summed E-state index contributed by atoms with van der Waals surface area (Å²) >= 11 is 5.75. The largest absolute Gasteiger partial charge is 0.382 e. The molecule has 2 aromatic carbocycles. The fraction of sp³-hybridized carbons (Fsp3) is 0.0769. The van der Waals surface area contributed by atoms with Gasteiger partial charge in [-0.15, -0.1) is 0 Å². The number of nitrogens with zero attached hydrogens (tertiary/aromatic N) is 1. The topological polar surface area (TPSA) is 67.2 Å². The molecule has 0 unspecified atom stereocenters. The monoisotopic (exact) mass is 295 g/mol. The van der Waals surface area contributed by atoms with Gasteiger partial charge in [-0.3, -0.25) is 10.1 Å². The Kier molecular flexibility index (Phi) is 4.05. The lowest BCUT2D eigenvalue weighted by Gasteiger charge is -2.10. The molecule has 2 N–H and O–H groups in total. The fourth-order valence-corrected chi connectivity index (χ4v) is 2.05. The summed E-state index contributed by atoms with van der Waals surface area (Å²) in [4.78, 5) is 10.6. The molecule has 7 heteroatoms. The highest BCUT2D eigenvalue weighted by atomic mass is 35.5. The zero-order valence-corrected chi connectivity index (χ0v) is 11.2. The number of hydrogen-bond donors (Lipinski definition) is 2. The summed E-state index contributed by atoms with van der Waals surface area (Å²) in [5, 5.41) is 16.9. The standard InChI is InChI=1S/C13H11ClFN3O2/c1-16-11-3-2-4-12(13(11)18(19)20)17-10-6-8(14)5-9(15)7-10/h2-7,16-17H,1H3. The highest BCUT2D eigenvalue weighted by Crippen LogP contribution is 2.34. The van der Waals surface area contributed by atoms with E-state index in [0.717, 1.165) is 6.07 Å². The Morgan fingerprint density at radius 1 is 1.25 bits per heavy atom. The van der Waals surface area contributed by atoms with Gasteiger partial charge in [-0.25, -0.2) is 4.39 Å². The van der Waals surface area contributed by atoms with Gasteiger partial charge in [0.1, 0.15) is 17.2 Å². The molecule has 0 atom stereocenters. The van der Waals surface area contributed by atoms with Gasteiger partial charge < -0.3 is 10.6 Å². The average molecular weight is 296 g/mol. The molecule has 0 spiro atoms. The van der Waals surface area contributed by atoms with Crippen LogP contribution in [-0.2, 0) is 0 Å². The quantitative estimate of drug-likeness (QED) is 0.656. The van der Waals surface area contributed by atoms with E-state index < -0.39 is 10.7 Å². The number of anilines is 3. The van der Waals surface area contributed by atoms with Gasteiger partial charge in [-0.2, -0.15) is 0 Å². The van der Waals surface area contributed by atoms with Crippen LogP contribution in [0.25, 0.3) is 0 Å². The van der Waals surface area contributed by atoms with Crippen molar-refractivity contribution < 1.29 is 9.31 Å². The molecule has 0 saturated carbocycles. The average Bonchev–Trinajstić information content (AvgIpc) is 2.36. The molecule has 0 radical (unpaired) electrons. The molecule has 0 saturated heterocycles. The minimum Gasteiger partial charge on any atom is -0.382 e. The first-order valence-electron chi connectivity index (χ1n) is 5.69. The van der Waals surface area contributed by atoms with Crippen molar-refractivity contribution >= 4 is 34.4 Å². The molecule has 0 aliphatic rings. The number of rotatable bonds is 4. The first-order chi connectivity index (χ1) is 9.51. The molecular formula is C13H11ClFN3O2. The third-order valence-corrected chi connectivity index (χ3v) is 2.85. The summed E-state index contributed by atoms with van der Waals surface area (Å²) in [6, 6.07) is 8.63. The molecule has 2 aromatic rings. The number of benzene rings is 2. The molecule has 0 aliphatic carbocycles. The van der Waals surface area contributed by atoms with Gasteiger partial charge in [0.15, 0.2) is 0 Å². The Hall–Kier alpha value is -2.34. The summed E-state index contributed by atoms with van der Waals surface area (Å²) in [5.41, 5.74) is 0.841. The molecule has 0 aromatic heterocycles. The third kappa shape index (κ3) is 2.97. The van der Waals surface area contributed by atoms with E-state index in [1.54, 1.807) is 19.2 Å². The molecule has 0 fully saturated rings. The lowest BCUT2D eigenvalue weighted by Crippen LogP contribution is -2.01. The van der Waals surface area contributed by atoms with Gasteiger partial charge in [0.05, 0.1) is 4.92 Å². The summed E-state index contributed by atoms with van der Waals surface area (Å²) < 4.78 is 13.3. The van der Waals surface area contributed by atoms with Crippen LogP contribution < -0.4 is 10.6 Å². The van der Waals surface area contributed by atoms with Crippen LogP contribution in [-0.4, -0.2) is 12.0 Å². The number of nitrogens with one attached hydrogen (secondary N) is 2. The first-order valence-corrected chi connectivity index (χ1v) is 6.07. The Morgan fingerprint density at radius 3 is 2.55 bits per heavy atom. The minimum atomic E-state index is -0.521. The van der Waals surface area contributed by atoms with Crippen LogP contribution in [0.3, 0.4) is 0 Å². The highest BCUT2D eigenvalue weighted by Gasteiger charge is 2.19.